The normalized spacial score (nSPS) is 13.2. The largest absolute Gasteiger partial charge is 0.307 e. The van der Waals surface area contributed by atoms with Crippen LogP contribution in [-0.4, -0.2) is 22.0 Å². The van der Waals surface area contributed by atoms with Crippen molar-refractivity contribution in [1.82, 2.24) is 14.1 Å². The lowest BCUT2D eigenvalue weighted by molar-refractivity contribution is 0.872. The molecule has 2 radical (unpaired) electrons. The van der Waals surface area contributed by atoms with Gasteiger partial charge in [0.05, 0.1) is 16.6 Å². The standard InChI is InChI=1S/C29H20BN3/c30-19-14-17-27(31-18-19)33-26-13-7-5-11-22(26)24-16-15-23-21-10-4-6-12-25(21)32(28(23)29(24)33)20-8-2-1-3-9-20/h1-6,8-12,14-18H,7,13H2. The Morgan fingerprint density at radius 2 is 1.52 bits per heavy atom. The Bertz CT molecular complexity index is 1700. The van der Waals surface area contributed by atoms with E-state index in [2.05, 4.69) is 88.0 Å². The third-order valence-electron chi connectivity index (χ3n) is 6.75. The molecule has 3 heterocycles. The van der Waals surface area contributed by atoms with E-state index >= 15 is 0 Å². The monoisotopic (exact) mass is 421 g/mol. The summed E-state index contributed by atoms with van der Waals surface area (Å²) in [5.74, 6) is 0.906. The lowest BCUT2D eigenvalue weighted by atomic mass is 9.99. The summed E-state index contributed by atoms with van der Waals surface area (Å²) in [5, 5.41) is 3.76. The van der Waals surface area contributed by atoms with Crippen LogP contribution in [0.5, 0.6) is 0 Å². The minimum atomic E-state index is 0.674. The Hall–Kier alpha value is -4.05. The van der Waals surface area contributed by atoms with E-state index in [-0.39, 0.29) is 0 Å². The number of pyridine rings is 1. The first-order chi connectivity index (χ1) is 16.3. The van der Waals surface area contributed by atoms with Crippen LogP contribution in [0.25, 0.3) is 50.3 Å². The molecular weight excluding hydrogens is 401 g/mol. The number of allylic oxidation sites excluding steroid dienone is 1. The highest BCUT2D eigenvalue weighted by Crippen LogP contribution is 2.41. The molecule has 154 valence electrons. The highest BCUT2D eigenvalue weighted by molar-refractivity contribution is 6.32. The van der Waals surface area contributed by atoms with Crippen LogP contribution in [0.15, 0.2) is 91.1 Å². The van der Waals surface area contributed by atoms with Crippen molar-refractivity contribution >= 4 is 52.1 Å². The van der Waals surface area contributed by atoms with Crippen molar-refractivity contribution < 1.29 is 0 Å². The molecule has 0 saturated heterocycles. The smallest absolute Gasteiger partial charge is 0.137 e. The molecular formula is C29H20BN3. The highest BCUT2D eigenvalue weighted by Gasteiger charge is 2.24. The van der Waals surface area contributed by atoms with E-state index in [0.29, 0.717) is 5.46 Å². The number of nitrogens with zero attached hydrogens (tertiary/aromatic N) is 3. The van der Waals surface area contributed by atoms with Gasteiger partial charge in [-0.3, -0.25) is 4.57 Å². The van der Waals surface area contributed by atoms with Crippen LogP contribution in [0.3, 0.4) is 0 Å². The van der Waals surface area contributed by atoms with Gasteiger partial charge in [0, 0.05) is 39.3 Å². The topological polar surface area (TPSA) is 22.8 Å². The average Bonchev–Trinajstić information content (AvgIpc) is 3.38. The molecule has 0 atom stereocenters. The average molecular weight is 421 g/mol. The predicted molar refractivity (Wildman–Crippen MR) is 138 cm³/mol. The zero-order valence-electron chi connectivity index (χ0n) is 18.1. The van der Waals surface area contributed by atoms with Gasteiger partial charge in [-0.15, -0.1) is 0 Å². The summed E-state index contributed by atoms with van der Waals surface area (Å²) in [6.45, 7) is 0. The fourth-order valence-electron chi connectivity index (χ4n) is 5.38. The van der Waals surface area contributed by atoms with Gasteiger partial charge in [-0.25, -0.2) is 4.98 Å². The minimum Gasteiger partial charge on any atom is -0.307 e. The van der Waals surface area contributed by atoms with E-state index in [9.17, 15) is 0 Å². The van der Waals surface area contributed by atoms with E-state index in [4.69, 9.17) is 12.8 Å². The van der Waals surface area contributed by atoms with Crippen LogP contribution < -0.4 is 5.46 Å². The van der Waals surface area contributed by atoms with Gasteiger partial charge in [0.1, 0.15) is 13.7 Å². The van der Waals surface area contributed by atoms with E-state index in [1.54, 1.807) is 6.20 Å². The van der Waals surface area contributed by atoms with Gasteiger partial charge in [-0.2, -0.15) is 0 Å². The summed E-state index contributed by atoms with van der Waals surface area (Å²) in [4.78, 5) is 4.75. The van der Waals surface area contributed by atoms with Gasteiger partial charge in [0.2, 0.25) is 0 Å². The summed E-state index contributed by atoms with van der Waals surface area (Å²) in [7, 11) is 5.99. The molecule has 7 rings (SSSR count). The third-order valence-corrected chi connectivity index (χ3v) is 6.75. The molecule has 0 saturated carbocycles. The van der Waals surface area contributed by atoms with Gasteiger partial charge in [-0.1, -0.05) is 72.2 Å². The molecule has 33 heavy (non-hydrogen) atoms. The maximum absolute atomic E-state index is 5.99. The molecule has 3 aromatic carbocycles. The molecule has 6 aromatic rings. The van der Waals surface area contributed by atoms with Gasteiger partial charge >= 0.3 is 0 Å². The molecule has 3 aromatic heterocycles. The fourth-order valence-corrected chi connectivity index (χ4v) is 5.38. The zero-order chi connectivity index (χ0) is 21.9. The molecule has 4 heteroatoms. The summed E-state index contributed by atoms with van der Waals surface area (Å²) in [6.07, 6.45) is 8.32. The second-order valence-electron chi connectivity index (χ2n) is 8.63. The van der Waals surface area contributed by atoms with Gasteiger partial charge in [-0.05, 0) is 37.1 Å². The Kier molecular flexibility index (Phi) is 3.92. The van der Waals surface area contributed by atoms with Crippen molar-refractivity contribution in [1.29, 1.82) is 0 Å². The Morgan fingerprint density at radius 3 is 2.36 bits per heavy atom. The van der Waals surface area contributed by atoms with Crippen LogP contribution >= 0.6 is 0 Å². The number of aromatic nitrogens is 3. The lowest BCUT2D eigenvalue weighted by Crippen LogP contribution is -2.09. The van der Waals surface area contributed by atoms with Crippen molar-refractivity contribution in [3.8, 4) is 11.5 Å². The first-order valence-electron chi connectivity index (χ1n) is 11.3. The van der Waals surface area contributed by atoms with E-state index < -0.39 is 0 Å². The third kappa shape index (κ3) is 2.61. The maximum Gasteiger partial charge on any atom is 0.137 e. The Labute approximate surface area is 193 Å². The first kappa shape index (κ1) is 18.5. The minimum absolute atomic E-state index is 0.674. The van der Waals surface area contributed by atoms with Gasteiger partial charge in [0.15, 0.2) is 0 Å². The first-order valence-corrected chi connectivity index (χ1v) is 11.3. The van der Waals surface area contributed by atoms with Crippen molar-refractivity contribution in [2.45, 2.75) is 12.8 Å². The van der Waals surface area contributed by atoms with E-state index in [1.807, 2.05) is 12.1 Å². The number of hydrogen-bond acceptors (Lipinski definition) is 1. The Morgan fingerprint density at radius 1 is 0.727 bits per heavy atom. The molecule has 0 N–H and O–H groups in total. The summed E-state index contributed by atoms with van der Waals surface area (Å²) in [6, 6.07) is 27.8. The molecule has 3 nitrogen and oxygen atoms in total. The van der Waals surface area contributed by atoms with Gasteiger partial charge < -0.3 is 4.57 Å². The summed E-state index contributed by atoms with van der Waals surface area (Å²) >= 11 is 0. The number of fused-ring (bicyclic) bond motifs is 7. The number of para-hydroxylation sites is 2. The second-order valence-corrected chi connectivity index (χ2v) is 8.63. The fraction of sp³-hybridized carbons (Fsp3) is 0.0690. The summed E-state index contributed by atoms with van der Waals surface area (Å²) in [5.41, 5.74) is 8.04. The zero-order valence-corrected chi connectivity index (χ0v) is 18.1. The van der Waals surface area contributed by atoms with Crippen molar-refractivity contribution in [3.05, 3.63) is 102 Å². The predicted octanol–water partition coefficient (Wildman–Crippen LogP) is 5.88. The molecule has 1 aliphatic rings. The van der Waals surface area contributed by atoms with Crippen molar-refractivity contribution in [2.75, 3.05) is 0 Å². The van der Waals surface area contributed by atoms with Crippen LogP contribution in [0.4, 0.5) is 0 Å². The molecule has 0 spiro atoms. The number of rotatable bonds is 2. The molecule has 0 bridgehead atoms. The Balaban J connectivity index is 1.74. The molecule has 0 unspecified atom stereocenters. The quantitative estimate of drug-likeness (QED) is 0.321. The number of hydrogen-bond donors (Lipinski definition) is 0. The molecule has 0 amide bonds. The SMILES string of the molecule is [B]c1ccc(-n2c3c(c4ccc5c6ccccc6n(-c6ccccc6)c5c42)C=CCC3)nc1. The van der Waals surface area contributed by atoms with Crippen LogP contribution in [0, 0.1) is 0 Å². The van der Waals surface area contributed by atoms with Crippen LogP contribution in [-0.2, 0) is 6.42 Å². The summed E-state index contributed by atoms with van der Waals surface area (Å²) < 4.78 is 4.75. The molecule has 1 aliphatic carbocycles. The van der Waals surface area contributed by atoms with Crippen LogP contribution in [0.1, 0.15) is 17.7 Å². The van der Waals surface area contributed by atoms with Crippen LogP contribution in [0.2, 0.25) is 0 Å². The van der Waals surface area contributed by atoms with E-state index in [1.165, 1.54) is 44.0 Å². The molecule has 0 fully saturated rings. The second kappa shape index (κ2) is 6.98. The lowest BCUT2D eigenvalue weighted by Gasteiger charge is -2.14. The highest BCUT2D eigenvalue weighted by atomic mass is 15.1. The molecule has 0 aliphatic heterocycles. The number of benzene rings is 3. The van der Waals surface area contributed by atoms with E-state index in [0.717, 1.165) is 24.3 Å². The maximum atomic E-state index is 5.99. The van der Waals surface area contributed by atoms with Crippen molar-refractivity contribution in [2.24, 2.45) is 0 Å². The van der Waals surface area contributed by atoms with Gasteiger partial charge in [0.25, 0.3) is 0 Å². The van der Waals surface area contributed by atoms with Crippen molar-refractivity contribution in [3.63, 3.8) is 0 Å².